The van der Waals surface area contributed by atoms with Crippen LogP contribution in [-0.2, 0) is 14.3 Å². The van der Waals surface area contributed by atoms with Crippen molar-refractivity contribution in [2.24, 2.45) is 0 Å². The first-order valence-electron chi connectivity index (χ1n) is 4.70. The van der Waals surface area contributed by atoms with Crippen LogP contribution in [0.3, 0.4) is 0 Å². The van der Waals surface area contributed by atoms with Gasteiger partial charge in [-0.2, -0.15) is 0 Å². The number of hydrogen-bond acceptors (Lipinski definition) is 4. The summed E-state index contributed by atoms with van der Waals surface area (Å²) in [5, 5.41) is 3.07. The minimum Gasteiger partial charge on any atom is -0.468 e. The lowest BCUT2D eigenvalue weighted by Crippen LogP contribution is -2.31. The number of esters is 1. The van der Waals surface area contributed by atoms with Crippen molar-refractivity contribution in [2.75, 3.05) is 20.3 Å². The SMILES string of the molecule is CCCO[C@@H]1CN[C@H](C(=O)OC)C1. The smallest absolute Gasteiger partial charge is 0.322 e. The molecule has 1 aliphatic rings. The van der Waals surface area contributed by atoms with E-state index in [9.17, 15) is 4.79 Å². The summed E-state index contributed by atoms with van der Waals surface area (Å²) in [7, 11) is 1.41. The number of rotatable bonds is 4. The fourth-order valence-corrected chi connectivity index (χ4v) is 1.44. The van der Waals surface area contributed by atoms with Gasteiger partial charge in [0.25, 0.3) is 0 Å². The molecule has 0 unspecified atom stereocenters. The maximum Gasteiger partial charge on any atom is 0.322 e. The Balaban J connectivity index is 2.23. The third-order valence-electron chi connectivity index (χ3n) is 2.13. The first-order chi connectivity index (χ1) is 6.27. The molecule has 1 rings (SSSR count). The minimum atomic E-state index is -0.192. The van der Waals surface area contributed by atoms with Gasteiger partial charge in [0.05, 0.1) is 13.2 Å². The maximum atomic E-state index is 11.1. The normalized spacial score (nSPS) is 27.5. The molecule has 1 aliphatic heterocycles. The molecule has 0 spiro atoms. The second-order valence-corrected chi connectivity index (χ2v) is 3.21. The van der Waals surface area contributed by atoms with E-state index in [1.807, 2.05) is 0 Å². The molecule has 76 valence electrons. The zero-order valence-corrected chi connectivity index (χ0v) is 8.21. The van der Waals surface area contributed by atoms with Gasteiger partial charge in [-0.05, 0) is 6.42 Å². The summed E-state index contributed by atoms with van der Waals surface area (Å²) in [6.45, 7) is 3.58. The maximum absolute atomic E-state index is 11.1. The average Bonchev–Trinajstić information content (AvgIpc) is 2.62. The van der Waals surface area contributed by atoms with Crippen molar-refractivity contribution in [3.8, 4) is 0 Å². The van der Waals surface area contributed by atoms with Gasteiger partial charge >= 0.3 is 5.97 Å². The van der Waals surface area contributed by atoms with Gasteiger partial charge < -0.3 is 14.8 Å². The van der Waals surface area contributed by atoms with Gasteiger partial charge in [0.15, 0.2) is 0 Å². The number of methoxy groups -OCH3 is 1. The molecule has 0 amide bonds. The highest BCUT2D eigenvalue weighted by Crippen LogP contribution is 2.11. The first kappa shape index (κ1) is 10.5. The van der Waals surface area contributed by atoms with E-state index in [1.54, 1.807) is 0 Å². The standard InChI is InChI=1S/C9H17NO3/c1-3-4-13-7-5-8(10-6-7)9(11)12-2/h7-8,10H,3-6H2,1-2H3/t7-,8-/m0/s1. The second-order valence-electron chi connectivity index (χ2n) is 3.21. The van der Waals surface area contributed by atoms with Crippen molar-refractivity contribution in [1.29, 1.82) is 0 Å². The highest BCUT2D eigenvalue weighted by Gasteiger charge is 2.30. The molecule has 1 N–H and O–H groups in total. The summed E-state index contributed by atoms with van der Waals surface area (Å²) in [6.07, 6.45) is 1.91. The zero-order valence-electron chi connectivity index (χ0n) is 8.21. The predicted molar refractivity (Wildman–Crippen MR) is 48.5 cm³/mol. The fraction of sp³-hybridized carbons (Fsp3) is 0.889. The van der Waals surface area contributed by atoms with E-state index in [4.69, 9.17) is 4.74 Å². The van der Waals surface area contributed by atoms with Crippen molar-refractivity contribution < 1.29 is 14.3 Å². The van der Waals surface area contributed by atoms with Crippen LogP contribution in [0.4, 0.5) is 0 Å². The van der Waals surface area contributed by atoms with Crippen molar-refractivity contribution in [2.45, 2.75) is 31.9 Å². The Labute approximate surface area is 78.6 Å². The monoisotopic (exact) mass is 187 g/mol. The molecule has 0 radical (unpaired) electrons. The summed E-state index contributed by atoms with van der Waals surface area (Å²) < 4.78 is 10.1. The highest BCUT2D eigenvalue weighted by atomic mass is 16.5. The van der Waals surface area contributed by atoms with Crippen LogP contribution < -0.4 is 5.32 Å². The number of hydrogen-bond donors (Lipinski definition) is 1. The molecule has 0 bridgehead atoms. The Morgan fingerprint density at radius 3 is 3.00 bits per heavy atom. The van der Waals surface area contributed by atoms with Crippen molar-refractivity contribution in [3.05, 3.63) is 0 Å². The molecule has 0 aromatic rings. The third kappa shape index (κ3) is 2.97. The first-order valence-corrected chi connectivity index (χ1v) is 4.70. The molecule has 0 aliphatic carbocycles. The summed E-state index contributed by atoms with van der Waals surface area (Å²) >= 11 is 0. The largest absolute Gasteiger partial charge is 0.468 e. The summed E-state index contributed by atoms with van der Waals surface area (Å²) in [5.41, 5.74) is 0. The Morgan fingerprint density at radius 2 is 2.38 bits per heavy atom. The second kappa shape index (κ2) is 5.19. The van der Waals surface area contributed by atoms with Crippen LogP contribution in [0.1, 0.15) is 19.8 Å². The number of nitrogens with one attached hydrogen (secondary N) is 1. The molecule has 0 saturated carbocycles. The Bertz CT molecular complexity index is 172. The number of ether oxygens (including phenoxy) is 2. The molecular weight excluding hydrogens is 170 g/mol. The molecule has 4 nitrogen and oxygen atoms in total. The number of carbonyl (C=O) groups is 1. The van der Waals surface area contributed by atoms with Gasteiger partial charge in [0, 0.05) is 19.6 Å². The topological polar surface area (TPSA) is 47.6 Å². The Hall–Kier alpha value is -0.610. The van der Waals surface area contributed by atoms with Gasteiger partial charge in [0.1, 0.15) is 6.04 Å². The minimum absolute atomic E-state index is 0.170. The van der Waals surface area contributed by atoms with Gasteiger partial charge in [0.2, 0.25) is 0 Å². The van der Waals surface area contributed by atoms with Crippen molar-refractivity contribution >= 4 is 5.97 Å². The molecule has 2 atom stereocenters. The van der Waals surface area contributed by atoms with Crippen LogP contribution in [0.25, 0.3) is 0 Å². The van der Waals surface area contributed by atoms with Crippen molar-refractivity contribution in [1.82, 2.24) is 5.32 Å². The molecule has 0 aromatic carbocycles. The Morgan fingerprint density at radius 1 is 1.62 bits per heavy atom. The summed E-state index contributed by atoms with van der Waals surface area (Å²) in [4.78, 5) is 11.1. The number of carbonyl (C=O) groups excluding carboxylic acids is 1. The lowest BCUT2D eigenvalue weighted by molar-refractivity contribution is -0.142. The van der Waals surface area contributed by atoms with Crippen molar-refractivity contribution in [3.63, 3.8) is 0 Å². The molecular formula is C9H17NO3. The lowest BCUT2D eigenvalue weighted by atomic mass is 10.2. The van der Waals surface area contributed by atoms with Crippen LogP contribution in [-0.4, -0.2) is 38.4 Å². The van der Waals surface area contributed by atoms with Crippen LogP contribution in [0.15, 0.2) is 0 Å². The van der Waals surface area contributed by atoms with E-state index in [0.717, 1.165) is 26.0 Å². The van der Waals surface area contributed by atoms with E-state index in [-0.39, 0.29) is 18.1 Å². The third-order valence-corrected chi connectivity index (χ3v) is 2.13. The van der Waals surface area contributed by atoms with Crippen LogP contribution in [0, 0.1) is 0 Å². The molecule has 1 heterocycles. The Kier molecular flexibility index (Phi) is 4.18. The van der Waals surface area contributed by atoms with E-state index in [1.165, 1.54) is 7.11 Å². The van der Waals surface area contributed by atoms with E-state index in [0.29, 0.717) is 0 Å². The van der Waals surface area contributed by atoms with Gasteiger partial charge in [-0.3, -0.25) is 4.79 Å². The van der Waals surface area contributed by atoms with Gasteiger partial charge in [-0.15, -0.1) is 0 Å². The van der Waals surface area contributed by atoms with E-state index < -0.39 is 0 Å². The summed E-state index contributed by atoms with van der Waals surface area (Å²) in [6, 6.07) is -0.174. The molecule has 1 saturated heterocycles. The molecule has 13 heavy (non-hydrogen) atoms. The highest BCUT2D eigenvalue weighted by molar-refractivity contribution is 5.76. The van der Waals surface area contributed by atoms with E-state index >= 15 is 0 Å². The molecule has 1 fully saturated rings. The van der Waals surface area contributed by atoms with Gasteiger partial charge in [-0.25, -0.2) is 0 Å². The zero-order chi connectivity index (χ0) is 9.68. The summed E-state index contributed by atoms with van der Waals surface area (Å²) in [5.74, 6) is -0.192. The fourth-order valence-electron chi connectivity index (χ4n) is 1.44. The lowest BCUT2D eigenvalue weighted by Gasteiger charge is -2.09. The molecule has 4 heteroatoms. The molecule has 0 aromatic heterocycles. The predicted octanol–water partition coefficient (Wildman–Crippen LogP) is 0.316. The van der Waals surface area contributed by atoms with Gasteiger partial charge in [-0.1, -0.05) is 6.92 Å². The van der Waals surface area contributed by atoms with Crippen LogP contribution in [0.5, 0.6) is 0 Å². The van der Waals surface area contributed by atoms with Crippen LogP contribution in [0.2, 0.25) is 0 Å². The quantitative estimate of drug-likeness (QED) is 0.644. The van der Waals surface area contributed by atoms with Crippen LogP contribution >= 0.6 is 0 Å². The van der Waals surface area contributed by atoms with E-state index in [2.05, 4.69) is 17.0 Å². The average molecular weight is 187 g/mol.